The Hall–Kier alpha value is -1.47. The minimum atomic E-state index is 0.214. The van der Waals surface area contributed by atoms with Crippen LogP contribution >= 0.6 is 27.3 Å². The summed E-state index contributed by atoms with van der Waals surface area (Å²) in [6.45, 7) is 0. The Balaban J connectivity index is 1.84. The predicted octanol–water partition coefficient (Wildman–Crippen LogP) is 3.20. The molecular weight excluding hydrogens is 328 g/mol. The number of halogens is 1. The minimum absolute atomic E-state index is 0.214. The normalized spacial score (nSPS) is 15.2. The van der Waals surface area contributed by atoms with E-state index in [1.165, 1.54) is 24.2 Å². The van der Waals surface area contributed by atoms with Crippen LogP contribution in [0.15, 0.2) is 22.7 Å². The fourth-order valence-corrected chi connectivity index (χ4v) is 3.08. The van der Waals surface area contributed by atoms with E-state index in [-0.39, 0.29) is 5.75 Å². The number of hydrogen-bond acceptors (Lipinski definition) is 5. The second kappa shape index (κ2) is 4.01. The van der Waals surface area contributed by atoms with Crippen molar-refractivity contribution in [2.24, 2.45) is 0 Å². The number of phenolic OH excluding ortho intramolecular Hbond substituents is 1. The van der Waals surface area contributed by atoms with Crippen LogP contribution in [0.5, 0.6) is 5.75 Å². The standard InChI is InChI=1S/C12H9BrN4OS/c13-8-4-3-7(5-9(8)18)11-16-17-10(6-1-2-6)14-15-12(17)19-11/h3-6,18H,1-2H2. The van der Waals surface area contributed by atoms with Gasteiger partial charge in [0.1, 0.15) is 10.8 Å². The number of fused-ring (bicyclic) bond motifs is 1. The Morgan fingerprint density at radius 2 is 2.16 bits per heavy atom. The molecule has 1 N–H and O–H groups in total. The van der Waals surface area contributed by atoms with Gasteiger partial charge in [0.05, 0.1) is 4.47 Å². The highest BCUT2D eigenvalue weighted by molar-refractivity contribution is 9.10. The van der Waals surface area contributed by atoms with Gasteiger partial charge in [0.15, 0.2) is 5.82 Å². The number of hydrogen-bond donors (Lipinski definition) is 1. The van der Waals surface area contributed by atoms with E-state index in [1.807, 2.05) is 16.6 Å². The predicted molar refractivity (Wildman–Crippen MR) is 75.4 cm³/mol. The van der Waals surface area contributed by atoms with Crippen LogP contribution in [-0.4, -0.2) is 24.9 Å². The van der Waals surface area contributed by atoms with Gasteiger partial charge >= 0.3 is 0 Å². The Morgan fingerprint density at radius 1 is 1.32 bits per heavy atom. The molecule has 4 rings (SSSR count). The van der Waals surface area contributed by atoms with Crippen molar-refractivity contribution in [3.63, 3.8) is 0 Å². The maximum Gasteiger partial charge on any atom is 0.234 e. The molecule has 0 aliphatic heterocycles. The molecule has 1 saturated carbocycles. The maximum absolute atomic E-state index is 9.73. The lowest BCUT2D eigenvalue weighted by molar-refractivity contribution is 0.472. The highest BCUT2D eigenvalue weighted by atomic mass is 79.9. The molecule has 2 heterocycles. The molecule has 1 aromatic carbocycles. The molecule has 1 aliphatic carbocycles. The summed E-state index contributed by atoms with van der Waals surface area (Å²) in [6.07, 6.45) is 2.35. The summed E-state index contributed by atoms with van der Waals surface area (Å²) in [5.41, 5.74) is 0.887. The molecule has 3 aromatic rings. The Kier molecular flexibility index (Phi) is 2.40. The van der Waals surface area contributed by atoms with Crippen LogP contribution in [-0.2, 0) is 0 Å². The quantitative estimate of drug-likeness (QED) is 0.780. The van der Waals surface area contributed by atoms with Gasteiger partial charge in [-0.05, 0) is 40.9 Å². The third kappa shape index (κ3) is 1.84. The summed E-state index contributed by atoms with van der Waals surface area (Å²) >= 11 is 4.76. The van der Waals surface area contributed by atoms with E-state index in [1.54, 1.807) is 6.07 Å². The number of aromatic nitrogens is 4. The molecular formula is C12H9BrN4OS. The molecule has 7 heteroatoms. The van der Waals surface area contributed by atoms with Crippen LogP contribution in [0, 0.1) is 0 Å². The van der Waals surface area contributed by atoms with Gasteiger partial charge in [-0.2, -0.15) is 9.61 Å². The van der Waals surface area contributed by atoms with E-state index < -0.39 is 0 Å². The fraction of sp³-hybridized carbons (Fsp3) is 0.250. The van der Waals surface area contributed by atoms with Crippen molar-refractivity contribution >= 4 is 32.2 Å². The van der Waals surface area contributed by atoms with Crippen molar-refractivity contribution in [3.05, 3.63) is 28.5 Å². The summed E-state index contributed by atoms with van der Waals surface area (Å²) in [4.78, 5) is 0.805. The van der Waals surface area contributed by atoms with Gasteiger partial charge in [-0.1, -0.05) is 17.4 Å². The first-order chi connectivity index (χ1) is 9.22. The average molecular weight is 337 g/mol. The average Bonchev–Trinajstić information content (AvgIpc) is 3.01. The zero-order valence-corrected chi connectivity index (χ0v) is 12.1. The molecule has 0 unspecified atom stereocenters. The van der Waals surface area contributed by atoms with Gasteiger partial charge in [0.25, 0.3) is 0 Å². The molecule has 19 heavy (non-hydrogen) atoms. The Bertz CT molecular complexity index is 777. The van der Waals surface area contributed by atoms with E-state index >= 15 is 0 Å². The summed E-state index contributed by atoms with van der Waals surface area (Å²) < 4.78 is 2.51. The van der Waals surface area contributed by atoms with Gasteiger partial charge in [-0.15, -0.1) is 10.2 Å². The van der Waals surface area contributed by atoms with Gasteiger partial charge < -0.3 is 5.11 Å². The van der Waals surface area contributed by atoms with Gasteiger partial charge in [-0.3, -0.25) is 0 Å². The van der Waals surface area contributed by atoms with Crippen LogP contribution in [0.25, 0.3) is 15.5 Å². The van der Waals surface area contributed by atoms with Crippen molar-refractivity contribution in [3.8, 4) is 16.3 Å². The molecule has 0 atom stereocenters. The van der Waals surface area contributed by atoms with Crippen molar-refractivity contribution in [1.29, 1.82) is 0 Å². The second-order valence-corrected chi connectivity index (χ2v) is 6.41. The first-order valence-corrected chi connectivity index (χ1v) is 7.54. The second-order valence-electron chi connectivity index (χ2n) is 4.60. The van der Waals surface area contributed by atoms with E-state index in [9.17, 15) is 5.11 Å². The minimum Gasteiger partial charge on any atom is -0.507 e. The number of nitrogens with zero attached hydrogens (tertiary/aromatic N) is 4. The number of benzene rings is 1. The van der Waals surface area contributed by atoms with E-state index in [4.69, 9.17) is 0 Å². The smallest absolute Gasteiger partial charge is 0.234 e. The topological polar surface area (TPSA) is 63.3 Å². The number of aromatic hydroxyl groups is 1. The lowest BCUT2D eigenvalue weighted by Crippen LogP contribution is -1.93. The van der Waals surface area contributed by atoms with Crippen molar-refractivity contribution < 1.29 is 5.11 Å². The Labute approximate surface area is 121 Å². The van der Waals surface area contributed by atoms with Crippen molar-refractivity contribution in [2.75, 3.05) is 0 Å². The summed E-state index contributed by atoms with van der Waals surface area (Å²) in [6, 6.07) is 5.44. The monoisotopic (exact) mass is 336 g/mol. The van der Waals surface area contributed by atoms with Crippen LogP contribution < -0.4 is 0 Å². The Morgan fingerprint density at radius 3 is 2.89 bits per heavy atom. The van der Waals surface area contributed by atoms with Crippen LogP contribution in [0.1, 0.15) is 24.6 Å². The summed E-state index contributed by atoms with van der Waals surface area (Å²) in [7, 11) is 0. The van der Waals surface area contributed by atoms with Crippen molar-refractivity contribution in [2.45, 2.75) is 18.8 Å². The third-order valence-electron chi connectivity index (χ3n) is 3.15. The van der Waals surface area contributed by atoms with Gasteiger partial charge in [0.2, 0.25) is 4.96 Å². The molecule has 0 bridgehead atoms. The van der Waals surface area contributed by atoms with Gasteiger partial charge in [-0.25, -0.2) is 0 Å². The molecule has 0 spiro atoms. The van der Waals surface area contributed by atoms with E-state index in [0.717, 1.165) is 21.4 Å². The third-order valence-corrected chi connectivity index (χ3v) is 4.77. The molecule has 1 fully saturated rings. The maximum atomic E-state index is 9.73. The first-order valence-electron chi connectivity index (χ1n) is 5.93. The molecule has 0 radical (unpaired) electrons. The molecule has 0 saturated heterocycles. The zero-order valence-electron chi connectivity index (χ0n) is 9.75. The molecule has 2 aromatic heterocycles. The fourth-order valence-electron chi connectivity index (χ4n) is 1.99. The molecule has 0 amide bonds. The number of phenols is 1. The summed E-state index contributed by atoms with van der Waals surface area (Å²) in [5, 5.41) is 23.5. The lowest BCUT2D eigenvalue weighted by atomic mass is 10.2. The summed E-state index contributed by atoms with van der Waals surface area (Å²) in [5.74, 6) is 1.69. The first kappa shape index (κ1) is 11.4. The molecule has 1 aliphatic rings. The van der Waals surface area contributed by atoms with E-state index in [0.29, 0.717) is 10.4 Å². The highest BCUT2D eigenvalue weighted by Crippen LogP contribution is 2.40. The highest BCUT2D eigenvalue weighted by Gasteiger charge is 2.30. The van der Waals surface area contributed by atoms with E-state index in [2.05, 4.69) is 31.2 Å². The van der Waals surface area contributed by atoms with Crippen LogP contribution in [0.4, 0.5) is 0 Å². The number of rotatable bonds is 2. The van der Waals surface area contributed by atoms with Crippen LogP contribution in [0.2, 0.25) is 0 Å². The zero-order chi connectivity index (χ0) is 13.0. The molecule has 5 nitrogen and oxygen atoms in total. The largest absolute Gasteiger partial charge is 0.507 e. The molecule has 96 valence electrons. The van der Waals surface area contributed by atoms with Crippen molar-refractivity contribution in [1.82, 2.24) is 19.8 Å². The van der Waals surface area contributed by atoms with Gasteiger partial charge in [0, 0.05) is 11.5 Å². The van der Waals surface area contributed by atoms with Crippen LogP contribution in [0.3, 0.4) is 0 Å². The SMILES string of the molecule is Oc1cc(-c2nn3c(C4CC4)nnc3s2)ccc1Br. The lowest BCUT2D eigenvalue weighted by Gasteiger charge is -1.99.